The van der Waals surface area contributed by atoms with Crippen LogP contribution >= 0.6 is 0 Å². The Hall–Kier alpha value is -3.41. The SMILES string of the molecule is CN(c1ccccc1C(=O)Nc1ccc(S(=O)(=O)N2CCN(c3cccc(C(C)(C)C)c3)CC2)cc1)S(C)(=O)=O. The van der Waals surface area contributed by atoms with Crippen LogP contribution in [0.4, 0.5) is 17.1 Å². The van der Waals surface area contributed by atoms with Crippen molar-refractivity contribution in [3.8, 4) is 0 Å². The molecule has 9 nitrogen and oxygen atoms in total. The van der Waals surface area contributed by atoms with E-state index in [9.17, 15) is 21.6 Å². The van der Waals surface area contributed by atoms with Gasteiger partial charge in [-0.1, -0.05) is 45.0 Å². The zero-order chi connectivity index (χ0) is 29.3. The number of sulfonamides is 2. The van der Waals surface area contributed by atoms with Gasteiger partial charge in [-0.3, -0.25) is 9.10 Å². The number of anilines is 3. The molecule has 1 amide bonds. The summed E-state index contributed by atoms with van der Waals surface area (Å²) in [7, 11) is -5.90. The molecule has 1 heterocycles. The number of rotatable bonds is 7. The first-order valence-electron chi connectivity index (χ1n) is 13.0. The Bertz CT molecular complexity index is 1590. The molecule has 0 saturated carbocycles. The summed E-state index contributed by atoms with van der Waals surface area (Å²) < 4.78 is 53.2. The molecular weight excluding hydrogens is 548 g/mol. The Morgan fingerprint density at radius 1 is 0.850 bits per heavy atom. The Balaban J connectivity index is 1.43. The van der Waals surface area contributed by atoms with Gasteiger partial charge in [-0.2, -0.15) is 4.31 Å². The lowest BCUT2D eigenvalue weighted by molar-refractivity contribution is 0.102. The van der Waals surface area contributed by atoms with Crippen molar-refractivity contribution in [2.75, 3.05) is 54.0 Å². The Labute approximate surface area is 237 Å². The van der Waals surface area contributed by atoms with Crippen molar-refractivity contribution in [2.24, 2.45) is 0 Å². The standard InChI is InChI=1S/C29H36N4O5S2/c1-29(2,3)22-9-8-10-24(21-22)32-17-19-33(20-18-32)40(37,38)25-15-13-23(14-16-25)30-28(34)26-11-6-7-12-27(26)31(4)39(5,35)36/h6-16,21H,17-20H2,1-5H3,(H,30,34). The van der Waals surface area contributed by atoms with Gasteiger partial charge in [0.2, 0.25) is 20.0 Å². The van der Waals surface area contributed by atoms with Gasteiger partial charge in [-0.25, -0.2) is 16.8 Å². The highest BCUT2D eigenvalue weighted by Crippen LogP contribution is 2.28. The predicted octanol–water partition coefficient (Wildman–Crippen LogP) is 4.14. The molecule has 4 rings (SSSR count). The Morgan fingerprint density at radius 2 is 1.48 bits per heavy atom. The number of carbonyl (C=O) groups excluding carboxylic acids is 1. The topological polar surface area (TPSA) is 107 Å². The normalized spacial score (nSPS) is 15.1. The van der Waals surface area contributed by atoms with Crippen molar-refractivity contribution in [1.82, 2.24) is 4.31 Å². The highest BCUT2D eigenvalue weighted by Gasteiger charge is 2.29. The molecule has 0 unspecified atom stereocenters. The van der Waals surface area contributed by atoms with Gasteiger partial charge in [0.25, 0.3) is 5.91 Å². The van der Waals surface area contributed by atoms with Crippen LogP contribution in [-0.4, -0.2) is 66.5 Å². The minimum absolute atomic E-state index is 0.0305. The second-order valence-corrected chi connectivity index (χ2v) is 14.9. The highest BCUT2D eigenvalue weighted by atomic mass is 32.2. The summed E-state index contributed by atoms with van der Waals surface area (Å²) in [5, 5.41) is 2.73. The minimum atomic E-state index is -3.71. The number of nitrogens with one attached hydrogen (secondary N) is 1. The molecule has 1 N–H and O–H groups in total. The third-order valence-corrected chi connectivity index (χ3v) is 10.2. The smallest absolute Gasteiger partial charge is 0.257 e. The van der Waals surface area contributed by atoms with Crippen LogP contribution in [-0.2, 0) is 25.5 Å². The maximum absolute atomic E-state index is 13.3. The van der Waals surface area contributed by atoms with Crippen LogP contribution in [0.15, 0.2) is 77.7 Å². The van der Waals surface area contributed by atoms with E-state index in [2.05, 4.69) is 49.2 Å². The molecule has 1 saturated heterocycles. The monoisotopic (exact) mass is 584 g/mol. The van der Waals surface area contributed by atoms with Crippen molar-refractivity contribution in [3.63, 3.8) is 0 Å². The summed E-state index contributed by atoms with van der Waals surface area (Å²) in [6.45, 7) is 8.42. The van der Waals surface area contributed by atoms with Crippen LogP contribution in [0.25, 0.3) is 0 Å². The number of piperazine rings is 1. The molecule has 0 aromatic heterocycles. The van der Waals surface area contributed by atoms with Gasteiger partial charge in [-0.15, -0.1) is 0 Å². The molecule has 0 aliphatic carbocycles. The fourth-order valence-electron chi connectivity index (χ4n) is 4.53. The molecule has 214 valence electrons. The van der Waals surface area contributed by atoms with Gasteiger partial charge in [-0.05, 0) is 59.5 Å². The Morgan fingerprint density at radius 3 is 2.08 bits per heavy atom. The highest BCUT2D eigenvalue weighted by molar-refractivity contribution is 7.92. The van der Waals surface area contributed by atoms with Gasteiger partial charge in [0, 0.05) is 44.6 Å². The fourth-order valence-corrected chi connectivity index (χ4v) is 6.47. The van der Waals surface area contributed by atoms with Crippen LogP contribution in [0.3, 0.4) is 0 Å². The lowest BCUT2D eigenvalue weighted by Crippen LogP contribution is -2.48. The van der Waals surface area contributed by atoms with Gasteiger partial charge in [0.15, 0.2) is 0 Å². The molecule has 3 aromatic rings. The number of para-hydroxylation sites is 1. The van der Waals surface area contributed by atoms with Crippen LogP contribution in [0.1, 0.15) is 36.7 Å². The summed E-state index contributed by atoms with van der Waals surface area (Å²) >= 11 is 0. The number of hydrogen-bond acceptors (Lipinski definition) is 6. The second kappa shape index (κ2) is 11.2. The molecule has 1 aliphatic heterocycles. The third kappa shape index (κ3) is 6.48. The number of benzene rings is 3. The maximum Gasteiger partial charge on any atom is 0.257 e. The van der Waals surface area contributed by atoms with E-state index in [4.69, 9.17) is 0 Å². The maximum atomic E-state index is 13.3. The van der Waals surface area contributed by atoms with Crippen LogP contribution in [0.5, 0.6) is 0 Å². The minimum Gasteiger partial charge on any atom is -0.369 e. The summed E-state index contributed by atoms with van der Waals surface area (Å²) in [5.41, 5.74) is 3.17. The lowest BCUT2D eigenvalue weighted by atomic mass is 9.87. The number of nitrogens with zero attached hydrogens (tertiary/aromatic N) is 3. The lowest BCUT2D eigenvalue weighted by Gasteiger charge is -2.36. The number of carbonyl (C=O) groups is 1. The first kappa shape index (κ1) is 29.6. The quantitative estimate of drug-likeness (QED) is 0.447. The molecule has 0 spiro atoms. The molecule has 3 aromatic carbocycles. The zero-order valence-corrected chi connectivity index (χ0v) is 25.1. The van der Waals surface area contributed by atoms with E-state index in [-0.39, 0.29) is 21.6 Å². The van der Waals surface area contributed by atoms with E-state index in [1.54, 1.807) is 18.2 Å². The Kier molecular flexibility index (Phi) is 8.30. The molecule has 40 heavy (non-hydrogen) atoms. The van der Waals surface area contributed by atoms with Crippen molar-refractivity contribution in [3.05, 3.63) is 83.9 Å². The van der Waals surface area contributed by atoms with E-state index in [1.165, 1.54) is 47.2 Å². The van der Waals surface area contributed by atoms with E-state index in [1.807, 2.05) is 6.07 Å². The van der Waals surface area contributed by atoms with E-state index in [0.29, 0.717) is 31.9 Å². The van der Waals surface area contributed by atoms with Crippen LogP contribution < -0.4 is 14.5 Å². The summed E-state index contributed by atoms with van der Waals surface area (Å²) in [4.78, 5) is 15.3. The average molecular weight is 585 g/mol. The van der Waals surface area contributed by atoms with Crippen molar-refractivity contribution in [2.45, 2.75) is 31.1 Å². The van der Waals surface area contributed by atoms with E-state index >= 15 is 0 Å². The molecule has 1 fully saturated rings. The first-order valence-corrected chi connectivity index (χ1v) is 16.3. The summed E-state index contributed by atoms with van der Waals surface area (Å²) in [6.07, 6.45) is 1.06. The number of amides is 1. The van der Waals surface area contributed by atoms with Crippen LogP contribution in [0, 0.1) is 0 Å². The largest absolute Gasteiger partial charge is 0.369 e. The van der Waals surface area contributed by atoms with Gasteiger partial charge in [0.05, 0.1) is 22.4 Å². The molecule has 11 heteroatoms. The van der Waals surface area contributed by atoms with Gasteiger partial charge >= 0.3 is 0 Å². The second-order valence-electron chi connectivity index (χ2n) is 10.9. The van der Waals surface area contributed by atoms with Crippen LogP contribution in [0.2, 0.25) is 0 Å². The molecule has 0 bridgehead atoms. The first-order chi connectivity index (χ1) is 18.7. The van der Waals surface area contributed by atoms with E-state index < -0.39 is 26.0 Å². The molecule has 0 atom stereocenters. The summed E-state index contributed by atoms with van der Waals surface area (Å²) in [6, 6.07) is 20.8. The zero-order valence-electron chi connectivity index (χ0n) is 23.5. The van der Waals surface area contributed by atoms with Crippen molar-refractivity contribution in [1.29, 1.82) is 0 Å². The molecule has 0 radical (unpaired) electrons. The van der Waals surface area contributed by atoms with E-state index in [0.717, 1.165) is 16.2 Å². The molecule has 1 aliphatic rings. The third-order valence-electron chi connectivity index (χ3n) is 7.05. The predicted molar refractivity (Wildman–Crippen MR) is 160 cm³/mol. The van der Waals surface area contributed by atoms with Crippen molar-refractivity contribution >= 4 is 43.0 Å². The van der Waals surface area contributed by atoms with Gasteiger partial charge < -0.3 is 10.2 Å². The average Bonchev–Trinajstić information content (AvgIpc) is 2.92. The fraction of sp³-hybridized carbons (Fsp3) is 0.345. The van der Waals surface area contributed by atoms with Gasteiger partial charge in [0.1, 0.15) is 0 Å². The molecular formula is C29H36N4O5S2. The van der Waals surface area contributed by atoms with Crippen molar-refractivity contribution < 1.29 is 21.6 Å². The summed E-state index contributed by atoms with van der Waals surface area (Å²) in [5.74, 6) is -0.506. The number of hydrogen-bond donors (Lipinski definition) is 1.